The van der Waals surface area contributed by atoms with Crippen LogP contribution in [0.2, 0.25) is 0 Å². The van der Waals surface area contributed by atoms with Crippen LogP contribution in [0.1, 0.15) is 25.3 Å². The van der Waals surface area contributed by atoms with E-state index in [1.54, 1.807) is 0 Å². The number of carbonyl (C=O) groups excluding carboxylic acids is 1. The van der Waals surface area contributed by atoms with Gasteiger partial charge in [-0.3, -0.25) is 9.69 Å². The summed E-state index contributed by atoms with van der Waals surface area (Å²) in [5.41, 5.74) is 3.28. The maximum absolute atomic E-state index is 12.6. The molecule has 0 N–H and O–H groups in total. The Morgan fingerprint density at radius 1 is 1.03 bits per heavy atom. The highest BCUT2D eigenvalue weighted by molar-refractivity contribution is 5.78. The van der Waals surface area contributed by atoms with Crippen LogP contribution in [-0.2, 0) is 16.1 Å². The van der Waals surface area contributed by atoms with Crippen LogP contribution in [0, 0.1) is 5.92 Å². The molecule has 1 amide bonds. The zero-order valence-corrected chi connectivity index (χ0v) is 19.3. The van der Waals surface area contributed by atoms with Gasteiger partial charge in [0.25, 0.3) is 5.91 Å². The van der Waals surface area contributed by atoms with Crippen molar-refractivity contribution in [3.05, 3.63) is 42.0 Å². The summed E-state index contributed by atoms with van der Waals surface area (Å²) in [6, 6.07) is 12.3. The number of carbonyl (C=O) groups is 1. The van der Waals surface area contributed by atoms with Gasteiger partial charge < -0.3 is 23.8 Å². The van der Waals surface area contributed by atoms with E-state index in [-0.39, 0.29) is 19.3 Å². The first-order valence-electron chi connectivity index (χ1n) is 11.9. The fourth-order valence-electron chi connectivity index (χ4n) is 4.81. The molecule has 0 spiro atoms. The second-order valence-electron chi connectivity index (χ2n) is 9.15. The molecule has 3 aliphatic heterocycles. The first-order chi connectivity index (χ1) is 16.2. The summed E-state index contributed by atoms with van der Waals surface area (Å²) in [6.45, 7) is 8.05. The minimum absolute atomic E-state index is 0.00990. The Morgan fingerprint density at radius 2 is 1.82 bits per heavy atom. The molecule has 1 unspecified atom stereocenters. The van der Waals surface area contributed by atoms with Crippen LogP contribution in [0.5, 0.6) is 17.2 Å². The van der Waals surface area contributed by atoms with E-state index >= 15 is 0 Å². The fourth-order valence-corrected chi connectivity index (χ4v) is 4.81. The second kappa shape index (κ2) is 10.0. The van der Waals surface area contributed by atoms with Crippen molar-refractivity contribution in [3.8, 4) is 28.4 Å². The van der Waals surface area contributed by atoms with Crippen LogP contribution in [0.4, 0.5) is 0 Å². The smallest absolute Gasteiger partial charge is 0.260 e. The second-order valence-corrected chi connectivity index (χ2v) is 9.15. The van der Waals surface area contributed by atoms with E-state index < -0.39 is 0 Å². The summed E-state index contributed by atoms with van der Waals surface area (Å²) in [7, 11) is 0. The third-order valence-electron chi connectivity index (χ3n) is 6.62. The van der Waals surface area contributed by atoms with E-state index in [2.05, 4.69) is 30.0 Å². The zero-order valence-electron chi connectivity index (χ0n) is 19.3. The highest BCUT2D eigenvalue weighted by atomic mass is 16.7. The Hall–Kier alpha value is -2.77. The molecule has 5 rings (SSSR count). The van der Waals surface area contributed by atoms with Crippen molar-refractivity contribution < 1.29 is 23.7 Å². The first-order valence-corrected chi connectivity index (χ1v) is 11.9. The highest BCUT2D eigenvalue weighted by Crippen LogP contribution is 2.37. The molecule has 2 aromatic rings. The Labute approximate surface area is 195 Å². The third-order valence-corrected chi connectivity index (χ3v) is 6.62. The average Bonchev–Trinajstić information content (AvgIpc) is 3.31. The van der Waals surface area contributed by atoms with Gasteiger partial charge in [-0.05, 0) is 60.7 Å². The number of amides is 1. The lowest BCUT2D eigenvalue weighted by Crippen LogP contribution is -2.43. The van der Waals surface area contributed by atoms with E-state index in [1.807, 2.05) is 23.1 Å². The number of nitrogens with zero attached hydrogens (tertiary/aromatic N) is 2. The van der Waals surface area contributed by atoms with E-state index in [0.29, 0.717) is 32.2 Å². The Kier molecular flexibility index (Phi) is 6.69. The molecule has 2 saturated heterocycles. The fraction of sp³-hybridized carbons (Fsp3) is 0.500. The number of fused-ring (bicyclic) bond motifs is 1. The van der Waals surface area contributed by atoms with Crippen LogP contribution < -0.4 is 14.2 Å². The summed E-state index contributed by atoms with van der Waals surface area (Å²) in [4.78, 5) is 16.9. The number of rotatable bonds is 6. The van der Waals surface area contributed by atoms with E-state index in [4.69, 9.17) is 18.9 Å². The van der Waals surface area contributed by atoms with Crippen molar-refractivity contribution in [2.24, 2.45) is 5.92 Å². The summed E-state index contributed by atoms with van der Waals surface area (Å²) in [6.07, 6.45) is 2.50. The van der Waals surface area contributed by atoms with Gasteiger partial charge in [0.2, 0.25) is 6.79 Å². The number of morpholine rings is 1. The minimum atomic E-state index is 0.00990. The molecule has 33 heavy (non-hydrogen) atoms. The van der Waals surface area contributed by atoms with Gasteiger partial charge >= 0.3 is 0 Å². The van der Waals surface area contributed by atoms with Crippen molar-refractivity contribution in [1.82, 2.24) is 9.80 Å². The third kappa shape index (κ3) is 5.25. The molecule has 0 saturated carbocycles. The maximum Gasteiger partial charge on any atom is 0.260 e. The quantitative estimate of drug-likeness (QED) is 0.668. The standard InChI is InChI=1S/C26H32N2O5/c1-19-3-2-8-27(15-19)16-22-13-20(21-5-7-24-25(14-21)33-18-32-24)4-6-23(22)31-17-26(29)28-9-11-30-12-10-28/h4-7,13-14,19H,2-3,8-12,15-18H2,1H3. The van der Waals surface area contributed by atoms with Crippen LogP contribution in [0.25, 0.3) is 11.1 Å². The Balaban J connectivity index is 1.36. The van der Waals surface area contributed by atoms with E-state index in [9.17, 15) is 4.79 Å². The van der Waals surface area contributed by atoms with Gasteiger partial charge in [0, 0.05) is 31.7 Å². The first kappa shape index (κ1) is 22.0. The normalized spacial score (nSPS) is 20.6. The van der Waals surface area contributed by atoms with Crippen molar-refractivity contribution in [1.29, 1.82) is 0 Å². The molecule has 3 aliphatic rings. The van der Waals surface area contributed by atoms with Crippen molar-refractivity contribution in [2.75, 3.05) is 52.8 Å². The van der Waals surface area contributed by atoms with Gasteiger partial charge in [-0.15, -0.1) is 0 Å². The molecule has 176 valence electrons. The van der Waals surface area contributed by atoms with Gasteiger partial charge in [-0.1, -0.05) is 19.1 Å². The lowest BCUT2D eigenvalue weighted by atomic mass is 9.98. The molecular formula is C26H32N2O5. The Bertz CT molecular complexity index is 989. The molecule has 7 heteroatoms. The van der Waals surface area contributed by atoms with Crippen molar-refractivity contribution in [2.45, 2.75) is 26.3 Å². The highest BCUT2D eigenvalue weighted by Gasteiger charge is 2.21. The molecule has 3 heterocycles. The van der Waals surface area contributed by atoms with Crippen LogP contribution in [0.3, 0.4) is 0 Å². The van der Waals surface area contributed by atoms with Crippen LogP contribution in [-0.4, -0.2) is 68.5 Å². The van der Waals surface area contributed by atoms with Crippen molar-refractivity contribution in [3.63, 3.8) is 0 Å². The summed E-state index contributed by atoms with van der Waals surface area (Å²) in [5, 5.41) is 0. The summed E-state index contributed by atoms with van der Waals surface area (Å²) in [5.74, 6) is 3.04. The SMILES string of the molecule is CC1CCCN(Cc2cc(-c3ccc4c(c3)OCO4)ccc2OCC(=O)N2CCOCC2)C1. The molecule has 1 atom stereocenters. The lowest BCUT2D eigenvalue weighted by molar-refractivity contribution is -0.137. The average molecular weight is 453 g/mol. The summed E-state index contributed by atoms with van der Waals surface area (Å²) < 4.78 is 22.5. The van der Waals surface area contributed by atoms with Crippen molar-refractivity contribution >= 4 is 5.91 Å². The molecule has 0 aliphatic carbocycles. The number of benzene rings is 2. The lowest BCUT2D eigenvalue weighted by Gasteiger charge is -2.31. The van der Waals surface area contributed by atoms with E-state index in [0.717, 1.165) is 53.6 Å². The predicted molar refractivity (Wildman–Crippen MR) is 125 cm³/mol. The molecular weight excluding hydrogens is 420 g/mol. The zero-order chi connectivity index (χ0) is 22.6. The number of piperidine rings is 1. The summed E-state index contributed by atoms with van der Waals surface area (Å²) >= 11 is 0. The monoisotopic (exact) mass is 452 g/mol. The number of ether oxygens (including phenoxy) is 4. The van der Waals surface area contributed by atoms with Gasteiger partial charge in [0.1, 0.15) is 5.75 Å². The molecule has 0 bridgehead atoms. The number of likely N-dealkylation sites (tertiary alicyclic amines) is 1. The van der Waals surface area contributed by atoms with Gasteiger partial charge in [0.05, 0.1) is 13.2 Å². The van der Waals surface area contributed by atoms with Crippen LogP contribution in [0.15, 0.2) is 36.4 Å². The number of hydrogen-bond donors (Lipinski definition) is 0. The molecule has 0 aromatic heterocycles. The van der Waals surface area contributed by atoms with Gasteiger partial charge in [-0.2, -0.15) is 0 Å². The molecule has 7 nitrogen and oxygen atoms in total. The van der Waals surface area contributed by atoms with Crippen LogP contribution >= 0.6 is 0 Å². The topological polar surface area (TPSA) is 60.5 Å². The minimum Gasteiger partial charge on any atom is -0.483 e. The Morgan fingerprint density at radius 3 is 2.67 bits per heavy atom. The van der Waals surface area contributed by atoms with Gasteiger partial charge in [0.15, 0.2) is 18.1 Å². The molecule has 2 aromatic carbocycles. The molecule has 0 radical (unpaired) electrons. The largest absolute Gasteiger partial charge is 0.483 e. The van der Waals surface area contributed by atoms with Gasteiger partial charge in [-0.25, -0.2) is 0 Å². The number of hydrogen-bond acceptors (Lipinski definition) is 6. The predicted octanol–water partition coefficient (Wildman–Crippen LogP) is 3.55. The maximum atomic E-state index is 12.6. The molecule has 2 fully saturated rings. The van der Waals surface area contributed by atoms with E-state index in [1.165, 1.54) is 12.8 Å².